The van der Waals surface area contributed by atoms with Crippen LogP contribution in [0.15, 0.2) is 58.8 Å². The normalized spacial score (nSPS) is 15.8. The Morgan fingerprint density at radius 1 is 1.19 bits per heavy atom. The third kappa shape index (κ3) is 4.25. The van der Waals surface area contributed by atoms with Crippen molar-refractivity contribution in [3.05, 3.63) is 75.5 Å². The van der Waals surface area contributed by atoms with Crippen molar-refractivity contribution < 1.29 is 17.9 Å². The summed E-state index contributed by atoms with van der Waals surface area (Å²) in [5.74, 6) is 0.00936. The van der Waals surface area contributed by atoms with E-state index in [1.165, 1.54) is 29.7 Å². The number of anilines is 1. The molecule has 0 aliphatic carbocycles. The van der Waals surface area contributed by atoms with Crippen molar-refractivity contribution in [2.24, 2.45) is 0 Å². The largest absolute Gasteiger partial charge is 0.495 e. The van der Waals surface area contributed by atoms with E-state index in [0.717, 1.165) is 18.4 Å². The number of amides is 1. The Labute approximate surface area is 192 Å². The first kappa shape index (κ1) is 22.4. The van der Waals surface area contributed by atoms with Crippen molar-refractivity contribution in [2.45, 2.75) is 37.6 Å². The quantitative estimate of drug-likeness (QED) is 0.549. The Morgan fingerprint density at radius 2 is 1.94 bits per heavy atom. The zero-order valence-electron chi connectivity index (χ0n) is 18.3. The molecule has 8 heteroatoms. The number of methoxy groups -OCH3 is 1. The molecule has 0 fully saturated rings. The van der Waals surface area contributed by atoms with E-state index in [4.69, 9.17) is 4.74 Å². The topological polar surface area (TPSA) is 75.7 Å². The molecule has 4 rings (SSSR count). The van der Waals surface area contributed by atoms with Gasteiger partial charge >= 0.3 is 0 Å². The van der Waals surface area contributed by atoms with Crippen molar-refractivity contribution in [3.8, 4) is 5.75 Å². The zero-order chi connectivity index (χ0) is 22.9. The second-order valence-electron chi connectivity index (χ2n) is 7.81. The Balaban J connectivity index is 1.67. The van der Waals surface area contributed by atoms with E-state index < -0.39 is 10.0 Å². The van der Waals surface area contributed by atoms with E-state index in [-0.39, 0.29) is 22.6 Å². The smallest absolute Gasteiger partial charge is 0.265 e. The van der Waals surface area contributed by atoms with E-state index >= 15 is 0 Å². The molecule has 2 heterocycles. The lowest BCUT2D eigenvalue weighted by Gasteiger charge is -2.35. The van der Waals surface area contributed by atoms with Gasteiger partial charge in [-0.15, -0.1) is 11.3 Å². The SMILES string of the molecule is CCC1c2ccsc2CCN1C(=O)c1ccc(OC)c(S(=O)(=O)Nc2ccc(C)cc2)c1. The molecular weight excluding hydrogens is 444 g/mol. The molecule has 168 valence electrons. The van der Waals surface area contributed by atoms with E-state index in [0.29, 0.717) is 17.8 Å². The fourth-order valence-electron chi connectivity index (χ4n) is 4.10. The van der Waals surface area contributed by atoms with Gasteiger partial charge in [-0.1, -0.05) is 24.6 Å². The standard InChI is InChI=1S/C24H26N2O4S2/c1-4-20-19-12-14-31-22(19)11-13-26(20)24(27)17-7-10-21(30-3)23(15-17)32(28,29)25-18-8-5-16(2)6-9-18/h5-10,12,14-15,20,25H,4,11,13H2,1-3H3. The molecule has 0 saturated carbocycles. The summed E-state index contributed by atoms with van der Waals surface area (Å²) in [5.41, 5.74) is 2.99. The number of hydrogen-bond donors (Lipinski definition) is 1. The summed E-state index contributed by atoms with van der Waals surface area (Å²) in [4.78, 5) is 16.6. The van der Waals surface area contributed by atoms with Crippen molar-refractivity contribution in [1.82, 2.24) is 4.90 Å². The number of nitrogens with one attached hydrogen (secondary N) is 1. The fraction of sp³-hybridized carbons (Fsp3) is 0.292. The molecule has 1 unspecified atom stereocenters. The van der Waals surface area contributed by atoms with Crippen LogP contribution in [0.25, 0.3) is 0 Å². The molecule has 0 saturated heterocycles. The molecule has 1 aromatic heterocycles. The maximum absolute atomic E-state index is 13.4. The summed E-state index contributed by atoms with van der Waals surface area (Å²) < 4.78 is 34.2. The van der Waals surface area contributed by atoms with Crippen molar-refractivity contribution >= 4 is 33.0 Å². The summed E-state index contributed by atoms with van der Waals surface area (Å²) in [6, 6.07) is 13.7. The summed E-state index contributed by atoms with van der Waals surface area (Å²) in [5, 5.41) is 2.07. The Hall–Kier alpha value is -2.84. The summed E-state index contributed by atoms with van der Waals surface area (Å²) >= 11 is 1.72. The predicted octanol–water partition coefficient (Wildman–Crippen LogP) is 5.02. The molecule has 0 spiro atoms. The molecule has 1 atom stereocenters. The number of carbonyl (C=O) groups excluding carboxylic acids is 1. The van der Waals surface area contributed by atoms with Crippen LogP contribution < -0.4 is 9.46 Å². The molecule has 0 bridgehead atoms. The molecule has 1 amide bonds. The van der Waals surface area contributed by atoms with Crippen LogP contribution in [0.3, 0.4) is 0 Å². The van der Waals surface area contributed by atoms with Crippen LogP contribution in [0.4, 0.5) is 5.69 Å². The number of rotatable bonds is 6. The Kier molecular flexibility index (Phi) is 6.26. The van der Waals surface area contributed by atoms with Crippen LogP contribution in [-0.2, 0) is 16.4 Å². The van der Waals surface area contributed by atoms with Crippen LogP contribution >= 0.6 is 11.3 Å². The highest BCUT2D eigenvalue weighted by Gasteiger charge is 2.32. The zero-order valence-corrected chi connectivity index (χ0v) is 19.9. The Bertz CT molecular complexity index is 1230. The van der Waals surface area contributed by atoms with Gasteiger partial charge in [-0.3, -0.25) is 9.52 Å². The third-order valence-corrected chi connectivity index (χ3v) is 8.15. The predicted molar refractivity (Wildman–Crippen MR) is 127 cm³/mol. The summed E-state index contributed by atoms with van der Waals surface area (Å²) in [6.07, 6.45) is 1.61. The first-order valence-electron chi connectivity index (χ1n) is 10.5. The van der Waals surface area contributed by atoms with Crippen LogP contribution in [-0.4, -0.2) is 32.9 Å². The lowest BCUT2D eigenvalue weighted by atomic mass is 9.97. The Morgan fingerprint density at radius 3 is 2.62 bits per heavy atom. The summed E-state index contributed by atoms with van der Waals surface area (Å²) in [6.45, 7) is 4.60. The van der Waals surface area contributed by atoms with Crippen LogP contribution in [0, 0.1) is 6.92 Å². The molecule has 2 aromatic carbocycles. The van der Waals surface area contributed by atoms with Gasteiger partial charge in [0.2, 0.25) is 0 Å². The van der Waals surface area contributed by atoms with Gasteiger partial charge in [-0.2, -0.15) is 0 Å². The number of hydrogen-bond acceptors (Lipinski definition) is 5. The highest BCUT2D eigenvalue weighted by atomic mass is 32.2. The highest BCUT2D eigenvalue weighted by molar-refractivity contribution is 7.92. The minimum Gasteiger partial charge on any atom is -0.495 e. The van der Waals surface area contributed by atoms with Crippen LogP contribution in [0.2, 0.25) is 0 Å². The summed E-state index contributed by atoms with van der Waals surface area (Å²) in [7, 11) is -2.54. The lowest BCUT2D eigenvalue weighted by molar-refractivity contribution is 0.0657. The second kappa shape index (κ2) is 8.96. The number of fused-ring (bicyclic) bond motifs is 1. The first-order chi connectivity index (χ1) is 15.3. The van der Waals surface area contributed by atoms with Gasteiger partial charge in [0.05, 0.1) is 13.2 Å². The monoisotopic (exact) mass is 470 g/mol. The molecule has 32 heavy (non-hydrogen) atoms. The number of thiophene rings is 1. The maximum Gasteiger partial charge on any atom is 0.265 e. The second-order valence-corrected chi connectivity index (χ2v) is 10.5. The highest BCUT2D eigenvalue weighted by Crippen LogP contribution is 2.36. The first-order valence-corrected chi connectivity index (χ1v) is 12.8. The van der Waals surface area contributed by atoms with Gasteiger partial charge in [0.25, 0.3) is 15.9 Å². The van der Waals surface area contributed by atoms with Gasteiger partial charge in [0, 0.05) is 22.7 Å². The molecule has 1 aliphatic heterocycles. The number of carbonyl (C=O) groups is 1. The minimum absolute atomic E-state index is 0.00894. The van der Waals surface area contributed by atoms with Crippen LogP contribution in [0.5, 0.6) is 5.75 Å². The number of ether oxygens (including phenoxy) is 1. The van der Waals surface area contributed by atoms with Crippen molar-refractivity contribution in [2.75, 3.05) is 18.4 Å². The molecule has 6 nitrogen and oxygen atoms in total. The van der Waals surface area contributed by atoms with E-state index in [2.05, 4.69) is 23.1 Å². The number of benzene rings is 2. The van der Waals surface area contributed by atoms with E-state index in [9.17, 15) is 13.2 Å². The van der Waals surface area contributed by atoms with Gasteiger partial charge < -0.3 is 9.64 Å². The molecular formula is C24H26N2O4S2. The minimum atomic E-state index is -3.96. The number of nitrogens with zero attached hydrogens (tertiary/aromatic N) is 1. The van der Waals surface area contributed by atoms with Crippen LogP contribution in [0.1, 0.15) is 45.7 Å². The molecule has 0 radical (unpaired) electrons. The van der Waals surface area contributed by atoms with Gasteiger partial charge in [-0.05, 0) is 67.1 Å². The van der Waals surface area contributed by atoms with Gasteiger partial charge in [-0.25, -0.2) is 8.42 Å². The maximum atomic E-state index is 13.4. The molecule has 3 aromatic rings. The average Bonchev–Trinajstić information content (AvgIpc) is 3.28. The third-order valence-electron chi connectivity index (χ3n) is 5.75. The fourth-order valence-corrected chi connectivity index (χ4v) is 6.28. The number of aryl methyl sites for hydroxylation is 1. The van der Waals surface area contributed by atoms with E-state index in [1.807, 2.05) is 24.0 Å². The molecule has 1 aliphatic rings. The number of sulfonamides is 1. The average molecular weight is 471 g/mol. The van der Waals surface area contributed by atoms with E-state index in [1.54, 1.807) is 29.5 Å². The van der Waals surface area contributed by atoms with Crippen molar-refractivity contribution in [1.29, 1.82) is 0 Å². The molecule has 1 N–H and O–H groups in total. The van der Waals surface area contributed by atoms with Gasteiger partial charge in [0.15, 0.2) is 0 Å². The van der Waals surface area contributed by atoms with Crippen molar-refractivity contribution in [3.63, 3.8) is 0 Å². The lowest BCUT2D eigenvalue weighted by Crippen LogP contribution is -2.39. The van der Waals surface area contributed by atoms with Gasteiger partial charge in [0.1, 0.15) is 10.6 Å².